The number of benzene rings is 2. The van der Waals surface area contributed by atoms with Crippen LogP contribution in [0.1, 0.15) is 29.6 Å². The van der Waals surface area contributed by atoms with Gasteiger partial charge < -0.3 is 5.32 Å². The van der Waals surface area contributed by atoms with E-state index in [0.29, 0.717) is 17.4 Å². The van der Waals surface area contributed by atoms with E-state index in [1.165, 1.54) is 0 Å². The highest BCUT2D eigenvalue weighted by atomic mass is 35.5. The van der Waals surface area contributed by atoms with Crippen molar-refractivity contribution in [1.82, 2.24) is 14.8 Å². The number of nitrogens with one attached hydrogen (secondary N) is 2. The van der Waals surface area contributed by atoms with Gasteiger partial charge in [-0.15, -0.1) is 5.10 Å². The van der Waals surface area contributed by atoms with Crippen LogP contribution in [0.2, 0.25) is 5.02 Å². The van der Waals surface area contributed by atoms with Gasteiger partial charge in [0, 0.05) is 5.02 Å². The van der Waals surface area contributed by atoms with Crippen LogP contribution in [0.4, 0.5) is 11.9 Å². The van der Waals surface area contributed by atoms with Crippen molar-refractivity contribution in [2.24, 2.45) is 0 Å². The molecule has 0 radical (unpaired) electrons. The van der Waals surface area contributed by atoms with Crippen molar-refractivity contribution in [2.45, 2.75) is 18.5 Å². The number of fused-ring (bicyclic) bond motifs is 1. The fraction of sp³-hybridized carbons (Fsp3) is 0.222. The lowest BCUT2D eigenvalue weighted by Crippen LogP contribution is -2.28. The molecule has 0 bridgehead atoms. The highest BCUT2D eigenvalue weighted by molar-refractivity contribution is 7.91. The molecule has 1 aromatic heterocycles. The normalized spacial score (nSPS) is 19.2. The molecule has 2 atom stereocenters. The summed E-state index contributed by atoms with van der Waals surface area (Å²) in [5, 5.41) is 8.34. The number of hydrogen-bond acceptors (Lipinski definition) is 5. The summed E-state index contributed by atoms with van der Waals surface area (Å²) in [6, 6.07) is 17.4. The first-order valence-electron chi connectivity index (χ1n) is 8.41. The average Bonchev–Trinajstić information content (AvgIpc) is 3.02. The molecule has 0 spiro atoms. The predicted octanol–water partition coefficient (Wildman–Crippen LogP) is 3.45. The van der Waals surface area contributed by atoms with Crippen LogP contribution in [0.25, 0.3) is 0 Å². The maximum atomic E-state index is 11.6. The van der Waals surface area contributed by atoms with Crippen molar-refractivity contribution in [2.75, 3.05) is 16.3 Å². The topological polar surface area (TPSA) is 88.9 Å². The lowest BCUT2D eigenvalue weighted by atomic mass is 9.93. The second kappa shape index (κ2) is 6.86. The van der Waals surface area contributed by atoms with Gasteiger partial charge in [-0.25, -0.2) is 13.1 Å². The first-order chi connectivity index (χ1) is 12.9. The van der Waals surface area contributed by atoms with Gasteiger partial charge in [0.15, 0.2) is 0 Å². The summed E-state index contributed by atoms with van der Waals surface area (Å²) in [4.78, 5) is 4.32. The standard InChI is InChI=1S/C18H18ClN5O2S/c1-27(25,26)23-17-21-18-20-15(12-7-3-2-4-8-12)11-16(24(18)22-17)13-9-5-6-10-14(13)19/h2-10,15-16H,11H2,1H3,(H2,20,21,22,23)/t15-,16-/m0/s1. The van der Waals surface area contributed by atoms with Crippen LogP contribution >= 0.6 is 11.6 Å². The molecule has 2 aromatic carbocycles. The van der Waals surface area contributed by atoms with Crippen LogP contribution in [0.5, 0.6) is 0 Å². The molecule has 0 fully saturated rings. The van der Waals surface area contributed by atoms with E-state index in [9.17, 15) is 8.42 Å². The number of halogens is 1. The van der Waals surface area contributed by atoms with Gasteiger partial charge in [0.05, 0.1) is 18.3 Å². The quantitative estimate of drug-likeness (QED) is 0.696. The maximum Gasteiger partial charge on any atom is 0.257 e. The minimum atomic E-state index is -3.47. The molecule has 140 valence electrons. The Morgan fingerprint density at radius 1 is 1.15 bits per heavy atom. The molecule has 9 heteroatoms. The number of anilines is 2. The Balaban J connectivity index is 1.79. The summed E-state index contributed by atoms with van der Waals surface area (Å²) in [5.74, 6) is 0.525. The van der Waals surface area contributed by atoms with Crippen molar-refractivity contribution in [1.29, 1.82) is 0 Å². The molecule has 4 rings (SSSR count). The van der Waals surface area contributed by atoms with E-state index in [1.54, 1.807) is 4.68 Å². The average molecular weight is 404 g/mol. The molecular weight excluding hydrogens is 386 g/mol. The van der Waals surface area contributed by atoms with E-state index in [1.807, 2.05) is 54.6 Å². The van der Waals surface area contributed by atoms with E-state index >= 15 is 0 Å². The summed E-state index contributed by atoms with van der Waals surface area (Å²) >= 11 is 6.44. The first-order valence-corrected chi connectivity index (χ1v) is 10.7. The van der Waals surface area contributed by atoms with Gasteiger partial charge in [-0.05, 0) is 23.6 Å². The highest BCUT2D eigenvalue weighted by Crippen LogP contribution is 2.40. The zero-order chi connectivity index (χ0) is 19.0. The molecule has 0 unspecified atom stereocenters. The molecule has 0 saturated carbocycles. The van der Waals surface area contributed by atoms with Gasteiger partial charge in [0.25, 0.3) is 5.95 Å². The fourth-order valence-electron chi connectivity index (χ4n) is 3.29. The van der Waals surface area contributed by atoms with Crippen LogP contribution in [-0.4, -0.2) is 29.4 Å². The Kier molecular flexibility index (Phi) is 4.53. The predicted molar refractivity (Wildman–Crippen MR) is 106 cm³/mol. The third-order valence-corrected chi connectivity index (χ3v) is 5.33. The molecule has 3 aromatic rings. The summed E-state index contributed by atoms with van der Waals surface area (Å²) in [7, 11) is -3.47. The Morgan fingerprint density at radius 3 is 2.56 bits per heavy atom. The van der Waals surface area contributed by atoms with Gasteiger partial charge in [-0.2, -0.15) is 4.98 Å². The van der Waals surface area contributed by atoms with Crippen LogP contribution in [-0.2, 0) is 10.0 Å². The van der Waals surface area contributed by atoms with E-state index in [0.717, 1.165) is 17.4 Å². The summed E-state index contributed by atoms with van der Waals surface area (Å²) in [6.45, 7) is 0. The SMILES string of the molecule is CS(=O)(=O)Nc1nc2n(n1)[C@H](c1ccccc1Cl)C[C@@H](c1ccccc1)N2. The monoisotopic (exact) mass is 403 g/mol. The Morgan fingerprint density at radius 2 is 1.85 bits per heavy atom. The first kappa shape index (κ1) is 17.8. The van der Waals surface area contributed by atoms with E-state index in [2.05, 4.69) is 20.1 Å². The van der Waals surface area contributed by atoms with Gasteiger partial charge >= 0.3 is 0 Å². The maximum absolute atomic E-state index is 11.6. The summed E-state index contributed by atoms with van der Waals surface area (Å²) in [5.41, 5.74) is 2.03. The molecule has 1 aliphatic rings. The minimum absolute atomic E-state index is 0.00439. The van der Waals surface area contributed by atoms with Crippen molar-refractivity contribution in [3.8, 4) is 0 Å². The molecule has 2 heterocycles. The highest BCUT2D eigenvalue weighted by Gasteiger charge is 2.32. The summed E-state index contributed by atoms with van der Waals surface area (Å²) in [6.07, 6.45) is 1.77. The van der Waals surface area contributed by atoms with Crippen LogP contribution in [0.3, 0.4) is 0 Å². The number of rotatable bonds is 4. The molecule has 7 nitrogen and oxygen atoms in total. The fourth-order valence-corrected chi connectivity index (χ4v) is 3.97. The molecule has 0 amide bonds. The smallest absolute Gasteiger partial charge is 0.257 e. The van der Waals surface area contributed by atoms with Crippen LogP contribution in [0.15, 0.2) is 54.6 Å². The Bertz CT molecular complexity index is 1070. The molecule has 27 heavy (non-hydrogen) atoms. The zero-order valence-electron chi connectivity index (χ0n) is 14.5. The van der Waals surface area contributed by atoms with Crippen molar-refractivity contribution >= 4 is 33.5 Å². The number of sulfonamides is 1. The minimum Gasteiger partial charge on any atom is -0.347 e. The lowest BCUT2D eigenvalue weighted by molar-refractivity contribution is 0.431. The van der Waals surface area contributed by atoms with Gasteiger partial charge in [0.2, 0.25) is 16.0 Å². The molecule has 2 N–H and O–H groups in total. The van der Waals surface area contributed by atoms with Crippen molar-refractivity contribution in [3.05, 3.63) is 70.7 Å². The van der Waals surface area contributed by atoms with Gasteiger partial charge in [-0.3, -0.25) is 4.72 Å². The number of hydrogen-bond donors (Lipinski definition) is 2. The van der Waals surface area contributed by atoms with E-state index in [-0.39, 0.29) is 18.0 Å². The zero-order valence-corrected chi connectivity index (χ0v) is 16.1. The third-order valence-electron chi connectivity index (χ3n) is 4.43. The molecule has 0 aliphatic carbocycles. The van der Waals surface area contributed by atoms with E-state index < -0.39 is 10.0 Å². The van der Waals surface area contributed by atoms with E-state index in [4.69, 9.17) is 11.6 Å². The number of nitrogens with zero attached hydrogens (tertiary/aromatic N) is 3. The lowest BCUT2D eigenvalue weighted by Gasteiger charge is -2.32. The molecule has 0 saturated heterocycles. The largest absolute Gasteiger partial charge is 0.347 e. The van der Waals surface area contributed by atoms with Crippen molar-refractivity contribution in [3.63, 3.8) is 0 Å². The Hall–Kier alpha value is -2.58. The van der Waals surface area contributed by atoms with Gasteiger partial charge in [0.1, 0.15) is 0 Å². The molecular formula is C18H18ClN5O2S. The van der Waals surface area contributed by atoms with Gasteiger partial charge in [-0.1, -0.05) is 60.1 Å². The third kappa shape index (κ3) is 3.77. The van der Waals surface area contributed by atoms with Crippen LogP contribution < -0.4 is 10.0 Å². The van der Waals surface area contributed by atoms with Crippen LogP contribution in [0, 0.1) is 0 Å². The Labute approximate surface area is 162 Å². The molecule has 1 aliphatic heterocycles. The van der Waals surface area contributed by atoms with Crippen molar-refractivity contribution < 1.29 is 8.42 Å². The second-order valence-electron chi connectivity index (χ2n) is 6.46. The second-order valence-corrected chi connectivity index (χ2v) is 8.61. The number of aromatic nitrogens is 3. The summed E-state index contributed by atoms with van der Waals surface area (Å²) < 4.78 is 27.2.